The zero-order valence-electron chi connectivity index (χ0n) is 15.3. The van der Waals surface area contributed by atoms with Crippen molar-refractivity contribution in [3.8, 4) is 0 Å². The Labute approximate surface area is 164 Å². The summed E-state index contributed by atoms with van der Waals surface area (Å²) in [5.41, 5.74) is -1.55. The third-order valence-electron chi connectivity index (χ3n) is 5.29. The second-order valence-electron chi connectivity index (χ2n) is 6.82. The lowest BCUT2D eigenvalue weighted by atomic mass is 9.74. The number of hydrogen-bond acceptors (Lipinski definition) is 8. The fraction of sp³-hybridized carbons (Fsp3) is 0.444. The molecule has 1 aromatic rings. The van der Waals surface area contributed by atoms with Gasteiger partial charge < -0.3 is 25.2 Å². The number of ether oxygens (including phenoxy) is 1. The number of urea groups is 1. The first-order chi connectivity index (χ1) is 13.7. The van der Waals surface area contributed by atoms with E-state index in [-0.39, 0.29) is 12.0 Å². The highest BCUT2D eigenvalue weighted by Gasteiger charge is 2.59. The maximum atomic E-state index is 13.4. The quantitative estimate of drug-likeness (QED) is 0.364. The van der Waals surface area contributed by atoms with Crippen LogP contribution < -0.4 is 5.32 Å². The Morgan fingerprint density at radius 1 is 1.10 bits per heavy atom. The summed E-state index contributed by atoms with van der Waals surface area (Å²) in [6.07, 6.45) is -10.0. The van der Waals surface area contributed by atoms with Gasteiger partial charge in [-0.2, -0.15) is 0 Å². The number of hydrogen-bond donors (Lipinski definition) is 5. The average molecular weight is 408 g/mol. The molecular formula is C18H20N2O9. The molecule has 0 radical (unpaired) electrons. The van der Waals surface area contributed by atoms with Gasteiger partial charge in [-0.1, -0.05) is 37.3 Å². The van der Waals surface area contributed by atoms with Gasteiger partial charge in [0, 0.05) is 0 Å². The Kier molecular flexibility index (Phi) is 5.41. The SMILES string of the molecule is CC[C@]1(c2ccccc2)C(=O)NC(=O)N([C@@H]2O[C@H](C(=O)O)[C@@H](O)[C@H](O)[C@H]2O)C1=O. The molecule has 6 atom stereocenters. The molecule has 0 saturated carbocycles. The molecule has 2 aliphatic heterocycles. The highest BCUT2D eigenvalue weighted by molar-refractivity contribution is 6.23. The van der Waals surface area contributed by atoms with E-state index in [2.05, 4.69) is 0 Å². The topological polar surface area (TPSA) is 174 Å². The number of nitrogens with zero attached hydrogens (tertiary/aromatic N) is 1. The highest BCUT2D eigenvalue weighted by Crippen LogP contribution is 2.36. The molecule has 11 heteroatoms. The smallest absolute Gasteiger partial charge is 0.335 e. The van der Waals surface area contributed by atoms with Crippen molar-refractivity contribution < 1.29 is 44.3 Å². The van der Waals surface area contributed by atoms with Crippen molar-refractivity contribution in [2.24, 2.45) is 0 Å². The van der Waals surface area contributed by atoms with Crippen molar-refractivity contribution in [2.45, 2.75) is 49.4 Å². The van der Waals surface area contributed by atoms with Crippen molar-refractivity contribution in [1.29, 1.82) is 0 Å². The third kappa shape index (κ3) is 3.08. The van der Waals surface area contributed by atoms with Crippen molar-refractivity contribution in [1.82, 2.24) is 10.2 Å². The van der Waals surface area contributed by atoms with E-state index >= 15 is 0 Å². The lowest BCUT2D eigenvalue weighted by Crippen LogP contribution is -2.73. The maximum absolute atomic E-state index is 13.4. The van der Waals surface area contributed by atoms with E-state index in [1.165, 1.54) is 12.1 Å². The van der Waals surface area contributed by atoms with Crippen LogP contribution in [0.15, 0.2) is 30.3 Å². The minimum atomic E-state index is -2.01. The predicted molar refractivity (Wildman–Crippen MR) is 93.1 cm³/mol. The highest BCUT2D eigenvalue weighted by atomic mass is 16.6. The van der Waals surface area contributed by atoms with Gasteiger partial charge in [-0.15, -0.1) is 0 Å². The zero-order chi connectivity index (χ0) is 21.5. The van der Waals surface area contributed by atoms with E-state index in [9.17, 15) is 39.6 Å². The number of aliphatic hydroxyl groups excluding tert-OH is 3. The van der Waals surface area contributed by atoms with Crippen LogP contribution in [0.4, 0.5) is 4.79 Å². The van der Waals surface area contributed by atoms with E-state index in [4.69, 9.17) is 4.74 Å². The van der Waals surface area contributed by atoms with Crippen LogP contribution in [0.2, 0.25) is 0 Å². The fourth-order valence-corrected chi connectivity index (χ4v) is 3.66. The first-order valence-corrected chi connectivity index (χ1v) is 8.83. The molecule has 29 heavy (non-hydrogen) atoms. The summed E-state index contributed by atoms with van der Waals surface area (Å²) in [6, 6.07) is 6.67. The van der Waals surface area contributed by atoms with Crippen LogP contribution in [0.1, 0.15) is 18.9 Å². The van der Waals surface area contributed by atoms with Crippen LogP contribution in [0.5, 0.6) is 0 Å². The van der Waals surface area contributed by atoms with Gasteiger partial charge in [0.1, 0.15) is 18.3 Å². The Bertz CT molecular complexity index is 845. The number of imide groups is 2. The molecule has 2 saturated heterocycles. The van der Waals surface area contributed by atoms with Crippen LogP contribution in [0, 0.1) is 0 Å². The molecule has 0 aromatic heterocycles. The summed E-state index contributed by atoms with van der Waals surface area (Å²) in [5, 5.41) is 41.4. The van der Waals surface area contributed by atoms with Crippen LogP contribution in [0.25, 0.3) is 0 Å². The predicted octanol–water partition coefficient (Wildman–Crippen LogP) is -1.69. The van der Waals surface area contributed by atoms with Gasteiger partial charge in [0.2, 0.25) is 5.91 Å². The molecule has 2 aliphatic rings. The van der Waals surface area contributed by atoms with Crippen LogP contribution in [-0.4, -0.2) is 79.8 Å². The number of benzene rings is 1. The molecule has 11 nitrogen and oxygen atoms in total. The van der Waals surface area contributed by atoms with Crippen molar-refractivity contribution in [2.75, 3.05) is 0 Å². The standard InChI is InChI=1S/C18H20N2O9/c1-2-18(8-6-4-3-5-7-8)15(26)19-17(28)20(16(18)27)13-11(23)9(21)10(22)12(29-13)14(24)25/h3-7,9-13,21-23H,2H2,1H3,(H,24,25)(H,19,26,28)/t9-,10-,11+,12-,13+,18-/m0/s1. The van der Waals surface area contributed by atoms with Gasteiger partial charge >= 0.3 is 12.0 Å². The fourth-order valence-electron chi connectivity index (χ4n) is 3.66. The normalized spacial score (nSPS) is 35.4. The van der Waals surface area contributed by atoms with Gasteiger partial charge in [-0.3, -0.25) is 14.9 Å². The molecule has 0 bridgehead atoms. The number of carbonyl (C=O) groups excluding carboxylic acids is 3. The van der Waals surface area contributed by atoms with Crippen LogP contribution in [0.3, 0.4) is 0 Å². The maximum Gasteiger partial charge on any atom is 0.335 e. The zero-order valence-corrected chi connectivity index (χ0v) is 15.3. The number of rotatable bonds is 4. The Morgan fingerprint density at radius 3 is 2.28 bits per heavy atom. The molecule has 0 spiro atoms. The summed E-state index contributed by atoms with van der Waals surface area (Å²) in [5.74, 6) is -3.59. The number of barbiturate groups is 1. The summed E-state index contributed by atoms with van der Waals surface area (Å²) >= 11 is 0. The molecular weight excluding hydrogens is 388 g/mol. The third-order valence-corrected chi connectivity index (χ3v) is 5.29. The summed E-state index contributed by atoms with van der Waals surface area (Å²) < 4.78 is 5.11. The second kappa shape index (κ2) is 7.52. The first kappa shape index (κ1) is 20.9. The molecule has 1 aromatic carbocycles. The number of nitrogens with one attached hydrogen (secondary N) is 1. The summed E-state index contributed by atoms with van der Waals surface area (Å²) in [6.45, 7) is 1.55. The number of carbonyl (C=O) groups is 4. The number of aliphatic carboxylic acids is 1. The van der Waals surface area contributed by atoms with Crippen LogP contribution >= 0.6 is 0 Å². The first-order valence-electron chi connectivity index (χ1n) is 8.83. The number of carboxylic acid groups (broad SMARTS) is 1. The van der Waals surface area contributed by atoms with Crippen molar-refractivity contribution >= 4 is 23.8 Å². The summed E-state index contributed by atoms with van der Waals surface area (Å²) in [7, 11) is 0. The Hall–Kier alpha value is -2.86. The van der Waals surface area contributed by atoms with Gasteiger partial charge in [-0.25, -0.2) is 14.5 Å². The minimum absolute atomic E-state index is 0.0538. The van der Waals surface area contributed by atoms with Gasteiger partial charge in [0.15, 0.2) is 17.7 Å². The lowest BCUT2D eigenvalue weighted by molar-refractivity contribution is -0.252. The molecule has 5 N–H and O–H groups in total. The molecule has 2 fully saturated rings. The molecule has 0 unspecified atom stereocenters. The van der Waals surface area contributed by atoms with E-state index in [1.807, 2.05) is 5.32 Å². The Morgan fingerprint density at radius 2 is 1.72 bits per heavy atom. The van der Waals surface area contributed by atoms with Crippen LogP contribution in [-0.2, 0) is 24.5 Å². The van der Waals surface area contributed by atoms with E-state index < -0.39 is 59.9 Å². The molecule has 3 rings (SSSR count). The second-order valence-corrected chi connectivity index (χ2v) is 6.82. The van der Waals surface area contributed by atoms with Crippen molar-refractivity contribution in [3.05, 3.63) is 35.9 Å². The Balaban J connectivity index is 2.07. The number of carboxylic acids is 1. The minimum Gasteiger partial charge on any atom is -0.479 e. The molecule has 0 aliphatic carbocycles. The van der Waals surface area contributed by atoms with E-state index in [0.29, 0.717) is 4.90 Å². The van der Waals surface area contributed by atoms with E-state index in [1.54, 1.807) is 25.1 Å². The monoisotopic (exact) mass is 408 g/mol. The lowest BCUT2D eigenvalue weighted by Gasteiger charge is -2.47. The molecule has 156 valence electrons. The van der Waals surface area contributed by atoms with Gasteiger partial charge in [0.05, 0.1) is 0 Å². The number of aliphatic hydroxyl groups is 3. The largest absolute Gasteiger partial charge is 0.479 e. The molecule has 4 amide bonds. The number of amides is 4. The van der Waals surface area contributed by atoms with Gasteiger partial charge in [0.25, 0.3) is 5.91 Å². The van der Waals surface area contributed by atoms with Gasteiger partial charge in [-0.05, 0) is 12.0 Å². The summed E-state index contributed by atoms with van der Waals surface area (Å²) in [4.78, 5) is 50.2. The molecule has 2 heterocycles. The average Bonchev–Trinajstić information content (AvgIpc) is 2.69. The van der Waals surface area contributed by atoms with E-state index in [0.717, 1.165) is 0 Å². The van der Waals surface area contributed by atoms with Crippen molar-refractivity contribution in [3.63, 3.8) is 0 Å².